The minimum absolute atomic E-state index is 0. The molecular formula is C20H37ClN4O2. The predicted octanol–water partition coefficient (Wildman–Crippen LogP) is 2.80. The van der Waals surface area contributed by atoms with Gasteiger partial charge >= 0.3 is 6.03 Å². The number of fused-ring (bicyclic) bond motifs is 1. The lowest BCUT2D eigenvalue weighted by Gasteiger charge is -2.22. The van der Waals surface area contributed by atoms with Gasteiger partial charge in [0.05, 0.1) is 0 Å². The Labute approximate surface area is 169 Å². The molecule has 3 aliphatic rings. The van der Waals surface area contributed by atoms with Gasteiger partial charge < -0.3 is 21.3 Å². The Hall–Kier alpha value is -1.01. The molecule has 3 amide bonds. The highest BCUT2D eigenvalue weighted by molar-refractivity contribution is 5.85. The monoisotopic (exact) mass is 400 g/mol. The van der Waals surface area contributed by atoms with Gasteiger partial charge in [-0.05, 0) is 50.4 Å². The fraction of sp³-hybridized carbons (Fsp3) is 0.900. The number of hydrogen-bond acceptors (Lipinski definition) is 3. The van der Waals surface area contributed by atoms with Crippen molar-refractivity contribution in [2.75, 3.05) is 19.6 Å². The minimum atomic E-state index is -0.0343. The number of hydrogen-bond donors (Lipinski definition) is 3. The van der Waals surface area contributed by atoms with Crippen LogP contribution in [-0.2, 0) is 4.79 Å². The summed E-state index contributed by atoms with van der Waals surface area (Å²) in [6, 6.07) is 0.617. The van der Waals surface area contributed by atoms with E-state index >= 15 is 0 Å². The number of likely N-dealkylation sites (tertiary alicyclic amines) is 1. The number of nitrogens with one attached hydrogen (secondary N) is 2. The van der Waals surface area contributed by atoms with Crippen LogP contribution in [0.15, 0.2) is 0 Å². The molecule has 0 bridgehead atoms. The number of nitrogens with two attached hydrogens (primary N) is 1. The molecule has 3 rings (SSSR count). The van der Waals surface area contributed by atoms with Gasteiger partial charge in [-0.1, -0.05) is 25.7 Å². The summed E-state index contributed by atoms with van der Waals surface area (Å²) >= 11 is 0. The molecule has 3 fully saturated rings. The lowest BCUT2D eigenvalue weighted by molar-refractivity contribution is -0.130. The maximum atomic E-state index is 12.4. The Bertz CT molecular complexity index is 485. The zero-order chi connectivity index (χ0) is 18.4. The van der Waals surface area contributed by atoms with Gasteiger partial charge in [0.15, 0.2) is 0 Å². The maximum Gasteiger partial charge on any atom is 0.315 e. The molecule has 1 heterocycles. The van der Waals surface area contributed by atoms with Crippen molar-refractivity contribution in [2.45, 2.75) is 82.7 Å². The average molecular weight is 401 g/mol. The number of nitrogens with zero attached hydrogens (tertiary/aromatic N) is 1. The maximum absolute atomic E-state index is 12.4. The van der Waals surface area contributed by atoms with E-state index in [0.717, 1.165) is 51.6 Å². The van der Waals surface area contributed by atoms with Crippen molar-refractivity contribution in [3.8, 4) is 0 Å². The zero-order valence-corrected chi connectivity index (χ0v) is 17.3. The van der Waals surface area contributed by atoms with Crippen molar-refractivity contribution in [1.29, 1.82) is 0 Å². The third-order valence-electron chi connectivity index (χ3n) is 6.56. The standard InChI is InChI=1S/C20H36N4O2.ClH/c21-18-11-10-15-13-24(14-17(15)18)19(25)9-5-2-6-12-22-20(26)23-16-7-3-1-4-8-16;/h15-18H,1-14,21H2,(H2,22,23,26);1H. The molecule has 1 aliphatic heterocycles. The second-order valence-electron chi connectivity index (χ2n) is 8.51. The molecule has 27 heavy (non-hydrogen) atoms. The second kappa shape index (κ2) is 11.1. The molecule has 0 aromatic heterocycles. The number of unbranched alkanes of at least 4 members (excludes halogenated alkanes) is 2. The average Bonchev–Trinajstić information content (AvgIpc) is 3.21. The minimum Gasteiger partial charge on any atom is -0.342 e. The molecule has 3 atom stereocenters. The lowest BCUT2D eigenvalue weighted by atomic mass is 9.96. The van der Waals surface area contributed by atoms with E-state index < -0.39 is 0 Å². The van der Waals surface area contributed by atoms with E-state index in [1.54, 1.807) is 0 Å². The van der Waals surface area contributed by atoms with Gasteiger partial charge in [0.2, 0.25) is 5.91 Å². The first kappa shape index (κ1) is 22.3. The normalized spacial score (nSPS) is 27.7. The van der Waals surface area contributed by atoms with Gasteiger partial charge in [-0.3, -0.25) is 4.79 Å². The van der Waals surface area contributed by atoms with Crippen LogP contribution in [0.1, 0.15) is 70.6 Å². The molecule has 0 radical (unpaired) electrons. The number of carbonyl (C=O) groups excluding carboxylic acids is 2. The molecule has 0 aromatic carbocycles. The van der Waals surface area contributed by atoms with Gasteiger partial charge in [0, 0.05) is 38.1 Å². The number of rotatable bonds is 7. The van der Waals surface area contributed by atoms with Crippen molar-refractivity contribution in [1.82, 2.24) is 15.5 Å². The summed E-state index contributed by atoms with van der Waals surface area (Å²) in [5.74, 6) is 1.46. The Morgan fingerprint density at radius 1 is 0.963 bits per heavy atom. The summed E-state index contributed by atoms with van der Waals surface area (Å²) in [6.07, 6.45) is 11.7. The van der Waals surface area contributed by atoms with E-state index in [-0.39, 0.29) is 24.3 Å². The van der Waals surface area contributed by atoms with Crippen LogP contribution in [0.25, 0.3) is 0 Å². The number of carbonyl (C=O) groups is 2. The first-order chi connectivity index (χ1) is 12.6. The largest absolute Gasteiger partial charge is 0.342 e. The van der Waals surface area contributed by atoms with Gasteiger partial charge in [-0.15, -0.1) is 12.4 Å². The van der Waals surface area contributed by atoms with Crippen LogP contribution in [0.4, 0.5) is 4.79 Å². The summed E-state index contributed by atoms with van der Waals surface area (Å²) in [4.78, 5) is 26.2. The molecule has 2 aliphatic carbocycles. The molecule has 0 spiro atoms. The number of urea groups is 1. The molecule has 7 heteroatoms. The van der Waals surface area contributed by atoms with Gasteiger partial charge in [-0.25, -0.2) is 4.79 Å². The second-order valence-corrected chi connectivity index (χ2v) is 8.51. The fourth-order valence-electron chi connectivity index (χ4n) is 4.93. The SMILES string of the molecule is Cl.NC1CCC2CN(C(=O)CCCCCNC(=O)NC3CCCCC3)CC12. The van der Waals surface area contributed by atoms with Gasteiger partial charge in [0.1, 0.15) is 0 Å². The van der Waals surface area contributed by atoms with Gasteiger partial charge in [0.25, 0.3) is 0 Å². The van der Waals surface area contributed by atoms with E-state index in [4.69, 9.17) is 5.73 Å². The van der Waals surface area contributed by atoms with Crippen molar-refractivity contribution in [3.05, 3.63) is 0 Å². The Balaban J connectivity index is 0.00000261. The topological polar surface area (TPSA) is 87.5 Å². The first-order valence-corrected chi connectivity index (χ1v) is 10.7. The van der Waals surface area contributed by atoms with Crippen LogP contribution < -0.4 is 16.4 Å². The Kier molecular flexibility index (Phi) is 9.16. The molecule has 156 valence electrons. The first-order valence-electron chi connectivity index (χ1n) is 10.7. The van der Waals surface area contributed by atoms with E-state index in [1.807, 2.05) is 4.90 Å². The molecule has 0 aromatic rings. The van der Waals surface area contributed by atoms with Gasteiger partial charge in [-0.2, -0.15) is 0 Å². The quantitative estimate of drug-likeness (QED) is 0.574. The van der Waals surface area contributed by atoms with Crippen molar-refractivity contribution in [2.24, 2.45) is 17.6 Å². The lowest BCUT2D eigenvalue weighted by Crippen LogP contribution is -2.43. The van der Waals surface area contributed by atoms with Crippen molar-refractivity contribution in [3.63, 3.8) is 0 Å². The Morgan fingerprint density at radius 2 is 1.74 bits per heavy atom. The van der Waals surface area contributed by atoms with Crippen LogP contribution >= 0.6 is 12.4 Å². The highest BCUT2D eigenvalue weighted by atomic mass is 35.5. The van der Waals surface area contributed by atoms with E-state index in [0.29, 0.717) is 36.9 Å². The molecule has 4 N–H and O–H groups in total. The van der Waals surface area contributed by atoms with Crippen LogP contribution in [-0.4, -0.2) is 48.6 Å². The number of amides is 3. The molecule has 3 unspecified atom stereocenters. The van der Waals surface area contributed by atoms with E-state index in [1.165, 1.54) is 25.7 Å². The third kappa shape index (κ3) is 6.53. The summed E-state index contributed by atoms with van der Waals surface area (Å²) in [5, 5.41) is 6.01. The van der Waals surface area contributed by atoms with Crippen LogP contribution in [0.2, 0.25) is 0 Å². The highest BCUT2D eigenvalue weighted by Gasteiger charge is 2.42. The smallest absolute Gasteiger partial charge is 0.315 e. The number of halogens is 1. The van der Waals surface area contributed by atoms with Crippen LogP contribution in [0, 0.1) is 11.8 Å². The summed E-state index contributed by atoms with van der Waals surface area (Å²) < 4.78 is 0. The molecular weight excluding hydrogens is 364 g/mol. The highest BCUT2D eigenvalue weighted by Crippen LogP contribution is 2.37. The van der Waals surface area contributed by atoms with Crippen LogP contribution in [0.3, 0.4) is 0 Å². The van der Waals surface area contributed by atoms with Crippen molar-refractivity contribution >= 4 is 24.3 Å². The molecule has 6 nitrogen and oxygen atoms in total. The van der Waals surface area contributed by atoms with E-state index in [2.05, 4.69) is 10.6 Å². The van der Waals surface area contributed by atoms with Crippen LogP contribution in [0.5, 0.6) is 0 Å². The predicted molar refractivity (Wildman–Crippen MR) is 110 cm³/mol. The molecule has 1 saturated heterocycles. The third-order valence-corrected chi connectivity index (χ3v) is 6.56. The Morgan fingerprint density at radius 3 is 2.48 bits per heavy atom. The van der Waals surface area contributed by atoms with Crippen molar-refractivity contribution < 1.29 is 9.59 Å². The molecule has 2 saturated carbocycles. The summed E-state index contributed by atoms with van der Waals surface area (Å²) in [7, 11) is 0. The zero-order valence-electron chi connectivity index (χ0n) is 16.5. The summed E-state index contributed by atoms with van der Waals surface area (Å²) in [6.45, 7) is 2.48. The van der Waals surface area contributed by atoms with E-state index in [9.17, 15) is 9.59 Å². The fourth-order valence-corrected chi connectivity index (χ4v) is 4.93. The summed E-state index contributed by atoms with van der Waals surface area (Å²) in [5.41, 5.74) is 6.14.